The molecule has 2 unspecified atom stereocenters. The average molecular weight is 510 g/mol. The molecule has 4 aromatic rings. The second-order valence-corrected chi connectivity index (χ2v) is 10.9. The molecule has 1 saturated heterocycles. The van der Waals surface area contributed by atoms with Crippen molar-refractivity contribution in [3.05, 3.63) is 84.4 Å². The third kappa shape index (κ3) is 4.96. The number of oxazole rings is 1. The number of rotatable bonds is 6. The van der Waals surface area contributed by atoms with Crippen LogP contribution in [-0.2, 0) is 14.4 Å². The van der Waals surface area contributed by atoms with Crippen LogP contribution in [0.25, 0.3) is 22.6 Å². The SMILES string of the molecule is CC(c1ccccc1)N(C(=O)CC(C)(C)C)C1CC(=O)N(c2ccc(-c3nc4ccccc4o3)cc2)C1=O. The highest BCUT2D eigenvalue weighted by molar-refractivity contribution is 6.23. The van der Waals surface area contributed by atoms with Crippen LogP contribution < -0.4 is 4.90 Å². The predicted molar refractivity (Wildman–Crippen MR) is 146 cm³/mol. The van der Waals surface area contributed by atoms with Gasteiger partial charge in [-0.3, -0.25) is 14.4 Å². The zero-order valence-electron chi connectivity index (χ0n) is 22.0. The topological polar surface area (TPSA) is 83.7 Å². The van der Waals surface area contributed by atoms with Crippen LogP contribution in [0.15, 0.2) is 83.3 Å². The molecule has 194 valence electrons. The fraction of sp³-hybridized carbons (Fsp3) is 0.290. The smallest absolute Gasteiger partial charge is 0.257 e. The van der Waals surface area contributed by atoms with E-state index in [0.29, 0.717) is 17.2 Å². The number of para-hydroxylation sites is 2. The Kier molecular flexibility index (Phi) is 6.61. The fourth-order valence-electron chi connectivity index (χ4n) is 4.95. The summed E-state index contributed by atoms with van der Waals surface area (Å²) in [6.45, 7) is 7.87. The van der Waals surface area contributed by atoms with E-state index >= 15 is 0 Å². The lowest BCUT2D eigenvalue weighted by molar-refractivity contribution is -0.142. The molecule has 0 aliphatic carbocycles. The Balaban J connectivity index is 1.43. The van der Waals surface area contributed by atoms with Gasteiger partial charge in [0, 0.05) is 12.0 Å². The van der Waals surface area contributed by atoms with E-state index in [1.807, 2.05) is 82.3 Å². The van der Waals surface area contributed by atoms with E-state index < -0.39 is 11.9 Å². The Bertz CT molecular complexity index is 1450. The van der Waals surface area contributed by atoms with Gasteiger partial charge in [-0.25, -0.2) is 9.88 Å². The van der Waals surface area contributed by atoms with Crippen molar-refractivity contribution in [3.63, 3.8) is 0 Å². The van der Waals surface area contributed by atoms with Gasteiger partial charge in [0.1, 0.15) is 11.6 Å². The number of imide groups is 1. The van der Waals surface area contributed by atoms with Gasteiger partial charge in [0.25, 0.3) is 5.91 Å². The molecule has 1 aliphatic heterocycles. The van der Waals surface area contributed by atoms with E-state index in [1.165, 1.54) is 4.90 Å². The van der Waals surface area contributed by atoms with Crippen molar-refractivity contribution in [2.24, 2.45) is 5.41 Å². The second-order valence-electron chi connectivity index (χ2n) is 10.9. The maximum Gasteiger partial charge on any atom is 0.257 e. The minimum Gasteiger partial charge on any atom is -0.436 e. The molecule has 5 rings (SSSR count). The summed E-state index contributed by atoms with van der Waals surface area (Å²) in [5.74, 6) is -0.406. The lowest BCUT2D eigenvalue weighted by Crippen LogP contribution is -2.47. The molecule has 38 heavy (non-hydrogen) atoms. The molecule has 0 N–H and O–H groups in total. The summed E-state index contributed by atoms with van der Waals surface area (Å²) in [4.78, 5) is 47.8. The first-order valence-corrected chi connectivity index (χ1v) is 12.8. The normalized spacial score (nSPS) is 16.7. The van der Waals surface area contributed by atoms with Crippen LogP contribution in [-0.4, -0.2) is 33.6 Å². The molecule has 0 bridgehead atoms. The number of benzene rings is 3. The molecule has 0 radical (unpaired) electrons. The van der Waals surface area contributed by atoms with E-state index in [2.05, 4.69) is 4.98 Å². The molecule has 0 spiro atoms. The molecule has 1 aromatic heterocycles. The van der Waals surface area contributed by atoms with Crippen LogP contribution in [0.4, 0.5) is 5.69 Å². The maximum absolute atomic E-state index is 13.7. The largest absolute Gasteiger partial charge is 0.436 e. The van der Waals surface area contributed by atoms with Gasteiger partial charge in [0.05, 0.1) is 18.2 Å². The van der Waals surface area contributed by atoms with E-state index in [4.69, 9.17) is 4.42 Å². The molecule has 7 nitrogen and oxygen atoms in total. The maximum atomic E-state index is 13.7. The van der Waals surface area contributed by atoms with E-state index in [1.54, 1.807) is 29.2 Å². The molecule has 1 fully saturated rings. The number of hydrogen-bond acceptors (Lipinski definition) is 5. The summed E-state index contributed by atoms with van der Waals surface area (Å²) < 4.78 is 5.84. The summed E-state index contributed by atoms with van der Waals surface area (Å²) in [5.41, 5.74) is 3.28. The van der Waals surface area contributed by atoms with Crippen LogP contribution in [0.3, 0.4) is 0 Å². The molecular weight excluding hydrogens is 478 g/mol. The van der Waals surface area contributed by atoms with Crippen molar-refractivity contribution in [3.8, 4) is 11.5 Å². The van der Waals surface area contributed by atoms with Gasteiger partial charge in [-0.05, 0) is 54.3 Å². The van der Waals surface area contributed by atoms with E-state index in [-0.39, 0.29) is 36.1 Å². The first-order valence-electron chi connectivity index (χ1n) is 12.8. The zero-order chi connectivity index (χ0) is 27.0. The number of fused-ring (bicyclic) bond motifs is 1. The summed E-state index contributed by atoms with van der Waals surface area (Å²) >= 11 is 0. The lowest BCUT2D eigenvalue weighted by Gasteiger charge is -2.35. The fourth-order valence-corrected chi connectivity index (χ4v) is 4.95. The Hall–Kier alpha value is -4.26. The highest BCUT2D eigenvalue weighted by atomic mass is 16.3. The number of aromatic nitrogens is 1. The Morgan fingerprint density at radius 1 is 1.00 bits per heavy atom. The van der Waals surface area contributed by atoms with Crippen LogP contribution in [0.1, 0.15) is 52.1 Å². The van der Waals surface area contributed by atoms with Crippen molar-refractivity contribution in [1.29, 1.82) is 0 Å². The number of nitrogens with zero attached hydrogens (tertiary/aromatic N) is 3. The van der Waals surface area contributed by atoms with Gasteiger partial charge in [0.15, 0.2) is 5.58 Å². The van der Waals surface area contributed by atoms with Gasteiger partial charge in [-0.15, -0.1) is 0 Å². The molecule has 0 saturated carbocycles. The summed E-state index contributed by atoms with van der Waals surface area (Å²) in [5, 5.41) is 0. The Labute approximate surface area is 222 Å². The minimum atomic E-state index is -0.871. The molecule has 7 heteroatoms. The third-order valence-electron chi connectivity index (χ3n) is 6.79. The van der Waals surface area contributed by atoms with Crippen LogP contribution in [0.5, 0.6) is 0 Å². The van der Waals surface area contributed by atoms with Crippen LogP contribution in [0.2, 0.25) is 0 Å². The first kappa shape index (κ1) is 25.4. The van der Waals surface area contributed by atoms with Gasteiger partial charge < -0.3 is 9.32 Å². The molecule has 3 aromatic carbocycles. The second kappa shape index (κ2) is 9.89. The van der Waals surface area contributed by atoms with Gasteiger partial charge >= 0.3 is 0 Å². The van der Waals surface area contributed by atoms with E-state index in [9.17, 15) is 14.4 Å². The Morgan fingerprint density at radius 3 is 2.32 bits per heavy atom. The van der Waals surface area contributed by atoms with Gasteiger partial charge in [0.2, 0.25) is 17.7 Å². The summed E-state index contributed by atoms with van der Waals surface area (Å²) in [6.07, 6.45) is 0.208. The van der Waals surface area contributed by atoms with Crippen molar-refractivity contribution >= 4 is 34.5 Å². The van der Waals surface area contributed by atoms with Gasteiger partial charge in [-0.2, -0.15) is 0 Å². The average Bonchev–Trinajstić information content (AvgIpc) is 3.44. The number of hydrogen-bond donors (Lipinski definition) is 0. The lowest BCUT2D eigenvalue weighted by atomic mass is 9.90. The van der Waals surface area contributed by atoms with E-state index in [0.717, 1.165) is 16.6 Å². The highest BCUT2D eigenvalue weighted by Crippen LogP contribution is 2.34. The van der Waals surface area contributed by atoms with Crippen LogP contribution in [0, 0.1) is 5.41 Å². The molecular formula is C31H31N3O4. The van der Waals surface area contributed by atoms with Crippen molar-refractivity contribution in [1.82, 2.24) is 9.88 Å². The molecule has 2 atom stereocenters. The van der Waals surface area contributed by atoms with Crippen molar-refractivity contribution in [2.75, 3.05) is 4.90 Å². The van der Waals surface area contributed by atoms with Crippen LogP contribution >= 0.6 is 0 Å². The number of carbonyl (C=O) groups excluding carboxylic acids is 3. The minimum absolute atomic E-state index is 0.0568. The molecule has 3 amide bonds. The standard InChI is InChI=1S/C31H31N3O4/c1-20(21-10-6-5-7-11-21)33(28(36)19-31(2,3)4)25-18-27(35)34(30(25)37)23-16-14-22(15-17-23)29-32-24-12-8-9-13-26(24)38-29/h5-17,20,25H,18-19H2,1-4H3. The van der Waals surface area contributed by atoms with Crippen molar-refractivity contribution < 1.29 is 18.8 Å². The summed E-state index contributed by atoms with van der Waals surface area (Å²) in [7, 11) is 0. The number of carbonyl (C=O) groups is 3. The molecule has 1 aliphatic rings. The van der Waals surface area contributed by atoms with Crippen molar-refractivity contribution in [2.45, 2.75) is 52.6 Å². The van der Waals surface area contributed by atoms with Gasteiger partial charge in [-0.1, -0.05) is 63.2 Å². The first-order chi connectivity index (χ1) is 18.1. The Morgan fingerprint density at radius 2 is 1.66 bits per heavy atom. The number of amides is 3. The highest BCUT2D eigenvalue weighted by Gasteiger charge is 2.46. The zero-order valence-corrected chi connectivity index (χ0v) is 22.0. The predicted octanol–water partition coefficient (Wildman–Crippen LogP) is 6.15. The number of anilines is 1. The monoisotopic (exact) mass is 509 g/mol. The molecule has 2 heterocycles. The third-order valence-corrected chi connectivity index (χ3v) is 6.79. The summed E-state index contributed by atoms with van der Waals surface area (Å²) in [6, 6.07) is 22.9. The quantitative estimate of drug-likeness (QED) is 0.291.